The van der Waals surface area contributed by atoms with Gasteiger partial charge in [0.25, 0.3) is 5.91 Å². The molecule has 0 aromatic heterocycles. The Morgan fingerprint density at radius 2 is 2.07 bits per heavy atom. The number of nitrogens with zero attached hydrogens (tertiary/aromatic N) is 1. The molecule has 1 N–H and O–H groups in total. The van der Waals surface area contributed by atoms with E-state index in [0.29, 0.717) is 23.8 Å². The summed E-state index contributed by atoms with van der Waals surface area (Å²) in [6, 6.07) is 9.49. The van der Waals surface area contributed by atoms with E-state index in [2.05, 4.69) is 5.32 Å². The van der Waals surface area contributed by atoms with Crippen molar-refractivity contribution in [3.8, 4) is 17.2 Å². The maximum Gasteiger partial charge on any atom is 0.310 e. The Bertz CT molecular complexity index is 867. The Labute approximate surface area is 156 Å². The number of fused-ring (bicyclic) bond motifs is 1. The maximum absolute atomic E-state index is 12.3. The van der Waals surface area contributed by atoms with Gasteiger partial charge in [0.15, 0.2) is 12.4 Å². The largest absolute Gasteiger partial charge is 0.492 e. The zero-order valence-corrected chi connectivity index (χ0v) is 15.1. The number of ether oxygens (including phenoxy) is 3. The third-order valence-electron chi connectivity index (χ3n) is 3.99. The van der Waals surface area contributed by atoms with Crippen LogP contribution in [0.15, 0.2) is 36.4 Å². The highest BCUT2D eigenvalue weighted by Crippen LogP contribution is 2.38. The Morgan fingerprint density at radius 3 is 2.81 bits per heavy atom. The average molecular weight is 372 g/mol. The number of rotatable bonds is 7. The molecule has 2 aromatic rings. The second-order valence-electron chi connectivity index (χ2n) is 6.08. The van der Waals surface area contributed by atoms with Crippen molar-refractivity contribution < 1.29 is 23.9 Å². The standard InChI is InChI=1S/C19H20N2O6/c1-3-25-18-9-13-8-12(2)27-17(13)10-14(18)20-19(22)11-26-16-7-5-4-6-15(16)21(23)24/h4-7,9-10,12H,3,8,11H2,1-2H3,(H,20,22)/t12-/m1/s1. The summed E-state index contributed by atoms with van der Waals surface area (Å²) < 4.78 is 16.6. The molecule has 3 rings (SSSR count). The van der Waals surface area contributed by atoms with Crippen LogP contribution in [-0.2, 0) is 11.2 Å². The molecule has 8 heteroatoms. The molecule has 0 bridgehead atoms. The lowest BCUT2D eigenvalue weighted by Crippen LogP contribution is -2.21. The Hall–Kier alpha value is -3.29. The smallest absolute Gasteiger partial charge is 0.310 e. The molecule has 0 fully saturated rings. The van der Waals surface area contributed by atoms with Gasteiger partial charge in [-0.1, -0.05) is 12.1 Å². The van der Waals surface area contributed by atoms with Gasteiger partial charge in [0, 0.05) is 24.1 Å². The fraction of sp³-hybridized carbons (Fsp3) is 0.316. The molecule has 2 aromatic carbocycles. The van der Waals surface area contributed by atoms with Crippen molar-refractivity contribution in [2.45, 2.75) is 26.4 Å². The minimum absolute atomic E-state index is 0.0359. The monoisotopic (exact) mass is 372 g/mol. The fourth-order valence-corrected chi connectivity index (χ4v) is 2.87. The number of nitro groups is 1. The molecule has 27 heavy (non-hydrogen) atoms. The summed E-state index contributed by atoms with van der Waals surface area (Å²) in [5.41, 5.74) is 1.31. The first-order valence-electron chi connectivity index (χ1n) is 8.60. The van der Waals surface area contributed by atoms with Crippen molar-refractivity contribution >= 4 is 17.3 Å². The van der Waals surface area contributed by atoms with Crippen LogP contribution in [-0.4, -0.2) is 30.1 Å². The molecule has 8 nitrogen and oxygen atoms in total. The van der Waals surface area contributed by atoms with Crippen molar-refractivity contribution in [1.29, 1.82) is 0 Å². The Kier molecular flexibility index (Phi) is 5.44. The minimum Gasteiger partial charge on any atom is -0.492 e. The van der Waals surface area contributed by atoms with E-state index in [1.54, 1.807) is 12.1 Å². The topological polar surface area (TPSA) is 99.9 Å². The van der Waals surface area contributed by atoms with Crippen LogP contribution < -0.4 is 19.5 Å². The van der Waals surface area contributed by atoms with Crippen LogP contribution in [0.4, 0.5) is 11.4 Å². The van der Waals surface area contributed by atoms with E-state index >= 15 is 0 Å². The number of hydrogen-bond acceptors (Lipinski definition) is 6. The van der Waals surface area contributed by atoms with Gasteiger partial charge >= 0.3 is 5.69 Å². The predicted molar refractivity (Wildman–Crippen MR) is 98.6 cm³/mol. The number of benzene rings is 2. The van der Waals surface area contributed by atoms with Crippen LogP contribution in [0.5, 0.6) is 17.2 Å². The van der Waals surface area contributed by atoms with E-state index in [1.807, 2.05) is 19.9 Å². The minimum atomic E-state index is -0.556. The summed E-state index contributed by atoms with van der Waals surface area (Å²) in [7, 11) is 0. The average Bonchev–Trinajstić information content (AvgIpc) is 2.99. The molecular formula is C19H20N2O6. The summed E-state index contributed by atoms with van der Waals surface area (Å²) in [5.74, 6) is 0.836. The van der Waals surface area contributed by atoms with Crippen LogP contribution in [0.25, 0.3) is 0 Å². The van der Waals surface area contributed by atoms with Crippen LogP contribution >= 0.6 is 0 Å². The summed E-state index contributed by atoms with van der Waals surface area (Å²) in [6.07, 6.45) is 0.854. The van der Waals surface area contributed by atoms with E-state index in [4.69, 9.17) is 14.2 Å². The molecule has 1 atom stereocenters. The summed E-state index contributed by atoms with van der Waals surface area (Å²) in [6.45, 7) is 3.91. The third kappa shape index (κ3) is 4.28. The second kappa shape index (κ2) is 7.94. The van der Waals surface area contributed by atoms with Crippen LogP contribution in [0, 0.1) is 10.1 Å². The molecule has 142 valence electrons. The maximum atomic E-state index is 12.3. The molecule has 1 aliphatic heterocycles. The molecule has 0 spiro atoms. The number of para-hydroxylation sites is 2. The zero-order chi connectivity index (χ0) is 19.4. The summed E-state index contributed by atoms with van der Waals surface area (Å²) in [4.78, 5) is 22.7. The molecule has 1 aliphatic rings. The van der Waals surface area contributed by atoms with Crippen molar-refractivity contribution in [3.63, 3.8) is 0 Å². The predicted octanol–water partition coefficient (Wildman–Crippen LogP) is 3.33. The molecule has 0 saturated heterocycles. The highest BCUT2D eigenvalue weighted by Gasteiger charge is 2.23. The third-order valence-corrected chi connectivity index (χ3v) is 3.99. The normalized spacial score (nSPS) is 14.8. The Balaban J connectivity index is 1.71. The number of anilines is 1. The SMILES string of the molecule is CCOc1cc2c(cc1NC(=O)COc1ccccc1[N+](=O)[O-])O[C@H](C)C2. The van der Waals surface area contributed by atoms with Gasteiger partial charge in [-0.2, -0.15) is 0 Å². The zero-order valence-electron chi connectivity index (χ0n) is 15.1. The first-order valence-corrected chi connectivity index (χ1v) is 8.60. The van der Waals surface area contributed by atoms with Crippen LogP contribution in [0.2, 0.25) is 0 Å². The van der Waals surface area contributed by atoms with E-state index in [1.165, 1.54) is 18.2 Å². The fourth-order valence-electron chi connectivity index (χ4n) is 2.87. The Morgan fingerprint density at radius 1 is 1.30 bits per heavy atom. The molecule has 1 amide bonds. The van der Waals surface area contributed by atoms with E-state index in [9.17, 15) is 14.9 Å². The molecule has 0 aliphatic carbocycles. The second-order valence-corrected chi connectivity index (χ2v) is 6.08. The molecular weight excluding hydrogens is 352 g/mol. The number of amides is 1. The van der Waals surface area contributed by atoms with Crippen molar-refractivity contribution in [1.82, 2.24) is 0 Å². The lowest BCUT2D eigenvalue weighted by atomic mass is 10.1. The van der Waals surface area contributed by atoms with E-state index in [-0.39, 0.29) is 24.1 Å². The van der Waals surface area contributed by atoms with Crippen LogP contribution in [0.1, 0.15) is 19.4 Å². The van der Waals surface area contributed by atoms with E-state index in [0.717, 1.165) is 12.0 Å². The summed E-state index contributed by atoms with van der Waals surface area (Å²) in [5, 5.41) is 13.7. The first-order chi connectivity index (χ1) is 13.0. The molecule has 1 heterocycles. The number of hydrogen-bond donors (Lipinski definition) is 1. The van der Waals surface area contributed by atoms with Gasteiger partial charge in [0.1, 0.15) is 17.6 Å². The first kappa shape index (κ1) is 18.5. The highest BCUT2D eigenvalue weighted by molar-refractivity contribution is 5.93. The summed E-state index contributed by atoms with van der Waals surface area (Å²) >= 11 is 0. The number of carbonyl (C=O) groups excluding carboxylic acids is 1. The van der Waals surface area contributed by atoms with Crippen molar-refractivity contribution in [3.05, 3.63) is 52.1 Å². The number of nitrogens with one attached hydrogen (secondary N) is 1. The van der Waals surface area contributed by atoms with Crippen molar-refractivity contribution in [2.75, 3.05) is 18.5 Å². The van der Waals surface area contributed by atoms with Gasteiger partial charge in [0.05, 0.1) is 17.2 Å². The van der Waals surface area contributed by atoms with Crippen LogP contribution in [0.3, 0.4) is 0 Å². The van der Waals surface area contributed by atoms with Gasteiger partial charge in [-0.05, 0) is 26.0 Å². The van der Waals surface area contributed by atoms with Gasteiger partial charge in [-0.3, -0.25) is 14.9 Å². The molecule has 0 radical (unpaired) electrons. The van der Waals surface area contributed by atoms with Gasteiger partial charge in [0.2, 0.25) is 0 Å². The lowest BCUT2D eigenvalue weighted by molar-refractivity contribution is -0.385. The van der Waals surface area contributed by atoms with Gasteiger partial charge < -0.3 is 19.5 Å². The lowest BCUT2D eigenvalue weighted by Gasteiger charge is -2.14. The van der Waals surface area contributed by atoms with Gasteiger partial charge in [-0.15, -0.1) is 0 Å². The van der Waals surface area contributed by atoms with Crippen molar-refractivity contribution in [2.24, 2.45) is 0 Å². The highest BCUT2D eigenvalue weighted by atomic mass is 16.6. The number of nitro benzene ring substituents is 1. The quantitative estimate of drug-likeness (QED) is 0.591. The molecule has 0 saturated carbocycles. The van der Waals surface area contributed by atoms with E-state index < -0.39 is 10.8 Å². The molecule has 0 unspecified atom stereocenters. The number of carbonyl (C=O) groups is 1. The van der Waals surface area contributed by atoms with Gasteiger partial charge in [-0.25, -0.2) is 0 Å².